The molecule has 3 heteroatoms. The second-order valence-electron chi connectivity index (χ2n) is 5.83. The van der Waals surface area contributed by atoms with E-state index in [-0.39, 0.29) is 18.9 Å². The second-order valence-corrected chi connectivity index (χ2v) is 6.26. The van der Waals surface area contributed by atoms with Crippen molar-refractivity contribution in [3.05, 3.63) is 83.9 Å². The Labute approximate surface area is 157 Å². The van der Waals surface area contributed by atoms with Crippen molar-refractivity contribution in [2.75, 3.05) is 0 Å². The van der Waals surface area contributed by atoms with Gasteiger partial charge in [0, 0.05) is 16.2 Å². The molecule has 0 radical (unpaired) electrons. The molecule has 0 aliphatic rings. The number of para-hydroxylation sites is 2. The maximum atomic E-state index is 6.18. The van der Waals surface area contributed by atoms with Gasteiger partial charge in [0.2, 0.25) is 0 Å². The summed E-state index contributed by atoms with van der Waals surface area (Å²) in [6.45, 7) is 0. The van der Waals surface area contributed by atoms with Crippen LogP contribution in [0.15, 0.2) is 78.9 Å². The molecule has 0 saturated carbocycles. The van der Waals surface area contributed by atoms with Crippen LogP contribution >= 0.6 is 11.6 Å². The largest absolute Gasteiger partial charge is 1.00 e. The summed E-state index contributed by atoms with van der Waals surface area (Å²) in [5.41, 5.74) is 3.67. The Morgan fingerprint density at radius 1 is 0.792 bits per heavy atom. The Morgan fingerprint density at radius 3 is 2.38 bits per heavy atom. The van der Waals surface area contributed by atoms with Gasteiger partial charge in [-0.3, -0.25) is 0 Å². The van der Waals surface area contributed by atoms with Crippen LogP contribution in [0.2, 0.25) is 5.02 Å². The number of benzene rings is 3. The molecule has 110 valence electrons. The number of hydrogen-bond acceptors (Lipinski definition) is 0. The predicted molar refractivity (Wildman–Crippen MR) is 98.9 cm³/mol. The molecule has 0 atom stereocenters. The van der Waals surface area contributed by atoms with E-state index in [1.54, 1.807) is 0 Å². The first kappa shape index (κ1) is 15.5. The van der Waals surface area contributed by atoms with Crippen molar-refractivity contribution in [3.8, 4) is 5.69 Å². The van der Waals surface area contributed by atoms with Gasteiger partial charge >= 0.3 is 18.9 Å². The van der Waals surface area contributed by atoms with Gasteiger partial charge in [0.25, 0.3) is 0 Å². The van der Waals surface area contributed by atoms with E-state index in [9.17, 15) is 0 Å². The molecule has 4 aromatic carbocycles. The van der Waals surface area contributed by atoms with Gasteiger partial charge in [-0.15, -0.1) is 17.5 Å². The third kappa shape index (κ3) is 2.14. The normalized spacial score (nSPS) is 11.2. The predicted octanol–water partition coefficient (Wildman–Crippen LogP) is 3.31. The maximum Gasteiger partial charge on any atom is 1.00 e. The van der Waals surface area contributed by atoms with Crippen LogP contribution in [-0.4, -0.2) is 4.57 Å². The topological polar surface area (TPSA) is 4.93 Å². The van der Waals surface area contributed by atoms with E-state index >= 15 is 0 Å². The Hall–Kier alpha value is -2.04. The van der Waals surface area contributed by atoms with Gasteiger partial charge in [0.1, 0.15) is 0 Å². The first-order chi connectivity index (χ1) is 11.3. The quantitative estimate of drug-likeness (QED) is 0.330. The maximum absolute atomic E-state index is 6.18. The number of nitrogens with zero attached hydrogens (tertiary/aromatic N) is 1. The summed E-state index contributed by atoms with van der Waals surface area (Å²) in [6.07, 6.45) is 0. The first-order valence-electron chi connectivity index (χ1n) is 7.66. The summed E-state index contributed by atoms with van der Waals surface area (Å²) in [5.74, 6) is 0. The Kier molecular flexibility index (Phi) is 3.74. The van der Waals surface area contributed by atoms with Crippen molar-refractivity contribution in [3.63, 3.8) is 0 Å². The van der Waals surface area contributed by atoms with Crippen LogP contribution in [0.1, 0.15) is 0 Å². The fourth-order valence-corrected chi connectivity index (χ4v) is 3.73. The SMILES string of the molecule is Clc1ccc2c(c1)[cH-]c1c3ccccc3n(-c3ccccc3)c21.[Li+]. The third-order valence-electron chi connectivity index (χ3n) is 4.50. The molecule has 24 heavy (non-hydrogen) atoms. The number of halogens is 1. The molecule has 1 aromatic heterocycles. The minimum Gasteiger partial charge on any atom is -0.355 e. The van der Waals surface area contributed by atoms with Gasteiger partial charge in [-0.25, -0.2) is 0 Å². The molecule has 0 saturated heterocycles. The van der Waals surface area contributed by atoms with Gasteiger partial charge in [0.05, 0.1) is 0 Å². The summed E-state index contributed by atoms with van der Waals surface area (Å²) in [5, 5.41) is 5.77. The molecule has 1 nitrogen and oxygen atoms in total. The average molecular weight is 322 g/mol. The molecule has 0 aliphatic heterocycles. The van der Waals surface area contributed by atoms with Gasteiger partial charge in [-0.1, -0.05) is 76.3 Å². The smallest absolute Gasteiger partial charge is 0.355 e. The van der Waals surface area contributed by atoms with E-state index in [0.29, 0.717) is 0 Å². The van der Waals surface area contributed by atoms with Crippen molar-refractivity contribution >= 4 is 44.2 Å². The minimum atomic E-state index is 0. The third-order valence-corrected chi connectivity index (χ3v) is 4.73. The van der Waals surface area contributed by atoms with E-state index in [4.69, 9.17) is 11.6 Å². The van der Waals surface area contributed by atoms with Gasteiger partial charge in [0.15, 0.2) is 0 Å². The van der Waals surface area contributed by atoms with Crippen LogP contribution < -0.4 is 18.9 Å². The van der Waals surface area contributed by atoms with Crippen LogP contribution in [0.4, 0.5) is 0 Å². The molecule has 1 heterocycles. The minimum absolute atomic E-state index is 0. The van der Waals surface area contributed by atoms with Crippen molar-refractivity contribution in [1.29, 1.82) is 0 Å². The van der Waals surface area contributed by atoms with Gasteiger partial charge in [-0.2, -0.15) is 0 Å². The zero-order valence-electron chi connectivity index (χ0n) is 13.3. The van der Waals surface area contributed by atoms with Crippen LogP contribution in [-0.2, 0) is 0 Å². The molecule has 0 bridgehead atoms. The fraction of sp³-hybridized carbons (Fsp3) is 0. The van der Waals surface area contributed by atoms with Gasteiger partial charge < -0.3 is 4.57 Å². The molecule has 0 unspecified atom stereocenters. The second kappa shape index (κ2) is 5.79. The fourth-order valence-electron chi connectivity index (χ4n) is 3.55. The zero-order chi connectivity index (χ0) is 15.4. The number of rotatable bonds is 1. The van der Waals surface area contributed by atoms with Crippen molar-refractivity contribution < 1.29 is 18.9 Å². The molecule has 0 N–H and O–H groups in total. The van der Waals surface area contributed by atoms with E-state index in [1.165, 1.54) is 38.3 Å². The monoisotopic (exact) mass is 321 g/mol. The summed E-state index contributed by atoms with van der Waals surface area (Å²) in [4.78, 5) is 0. The van der Waals surface area contributed by atoms with E-state index in [0.717, 1.165) is 5.02 Å². The average Bonchev–Trinajstić information content (AvgIpc) is 3.09. The van der Waals surface area contributed by atoms with Crippen LogP contribution in [0.3, 0.4) is 0 Å². The Balaban J connectivity index is 0.00000146. The van der Waals surface area contributed by atoms with Crippen molar-refractivity contribution in [1.82, 2.24) is 4.57 Å². The van der Waals surface area contributed by atoms with Gasteiger partial charge in [-0.05, 0) is 23.7 Å². The van der Waals surface area contributed by atoms with E-state index in [1.807, 2.05) is 12.1 Å². The van der Waals surface area contributed by atoms with E-state index in [2.05, 4.69) is 71.3 Å². The number of hydrogen-bond donors (Lipinski definition) is 0. The first-order valence-corrected chi connectivity index (χ1v) is 8.04. The van der Waals surface area contributed by atoms with Crippen LogP contribution in [0.25, 0.3) is 38.3 Å². The molecular formula is C21H13ClLiN. The Morgan fingerprint density at radius 2 is 1.54 bits per heavy atom. The molecular weight excluding hydrogens is 309 g/mol. The number of aromatic nitrogens is 1. The van der Waals surface area contributed by atoms with E-state index < -0.39 is 0 Å². The van der Waals surface area contributed by atoms with Crippen molar-refractivity contribution in [2.45, 2.75) is 0 Å². The summed E-state index contributed by atoms with van der Waals surface area (Å²) in [7, 11) is 0. The summed E-state index contributed by atoms with van der Waals surface area (Å²) in [6, 6.07) is 27.5. The molecule has 0 aliphatic carbocycles. The zero-order valence-corrected chi connectivity index (χ0v) is 14.1. The molecule has 0 fully saturated rings. The number of fused-ring (bicyclic) bond motifs is 5. The van der Waals surface area contributed by atoms with Crippen molar-refractivity contribution in [2.24, 2.45) is 0 Å². The summed E-state index contributed by atoms with van der Waals surface area (Å²) < 4.78 is 2.35. The Bertz CT molecular complexity index is 1170. The molecule has 5 aromatic rings. The van der Waals surface area contributed by atoms with Crippen LogP contribution in [0.5, 0.6) is 0 Å². The molecule has 0 spiro atoms. The standard InChI is InChI=1S/C21H13ClN.Li/c22-15-10-11-17-14(12-15)13-19-18-8-4-5-9-20(18)23(21(17)19)16-6-2-1-3-7-16;/h1-13H;/q-1;+1. The molecule has 0 amide bonds. The summed E-state index contributed by atoms with van der Waals surface area (Å²) >= 11 is 6.18. The van der Waals surface area contributed by atoms with Crippen LogP contribution in [0, 0.1) is 0 Å². The molecule has 5 rings (SSSR count).